The van der Waals surface area contributed by atoms with Crippen LogP contribution in [0.25, 0.3) is 10.4 Å². The topological polar surface area (TPSA) is 333 Å². The number of phenols is 1. The largest absolute Gasteiger partial charge is 0.508 e. The van der Waals surface area contributed by atoms with Gasteiger partial charge in [-0.05, 0) is 86.6 Å². The minimum absolute atomic E-state index is 0.0168. The Kier molecular flexibility index (Phi) is 20.1. The fraction of sp³-hybridized carbons (Fsp3) is 0.649. The Labute approximate surface area is 332 Å². The van der Waals surface area contributed by atoms with Crippen LogP contribution < -0.4 is 38.5 Å². The van der Waals surface area contributed by atoms with Gasteiger partial charge in [-0.25, -0.2) is 4.79 Å². The number of guanidine groups is 1. The van der Waals surface area contributed by atoms with Gasteiger partial charge in [0.2, 0.25) is 29.5 Å². The molecule has 12 N–H and O–H groups in total. The van der Waals surface area contributed by atoms with Gasteiger partial charge in [0.25, 0.3) is 0 Å². The van der Waals surface area contributed by atoms with Crippen LogP contribution in [-0.4, -0.2) is 112 Å². The molecule has 0 aliphatic carbocycles. The summed E-state index contributed by atoms with van der Waals surface area (Å²) in [6.07, 6.45) is 2.12. The molecule has 316 valence electrons. The summed E-state index contributed by atoms with van der Waals surface area (Å²) in [5, 5.41) is 33.9. The molecule has 0 bridgehead atoms. The lowest BCUT2D eigenvalue weighted by Crippen LogP contribution is -2.60. The number of phenolic OH excluding ortho intramolecular Hbond substituents is 1. The van der Waals surface area contributed by atoms with Gasteiger partial charge in [0.05, 0.1) is 0 Å². The molecule has 1 fully saturated rings. The SMILES string of the molecule is CC[C@H](C)[C@@H](NC(=O)[C@@H](Cc1ccc(O)cc1)NC(=O)[C@H]1CCCN1C(=O)[C@@H](CCCN=C(N)N)NC(=O)[C@H](CCCN)N=[N+]=[N-])C(=O)N[C@H](CC(C)C)C(=O)O. The van der Waals surface area contributed by atoms with E-state index in [9.17, 15) is 39.0 Å². The Morgan fingerprint density at radius 1 is 0.930 bits per heavy atom. The number of nitrogens with zero attached hydrogens (tertiary/aromatic N) is 5. The third-order valence-corrected chi connectivity index (χ3v) is 9.70. The van der Waals surface area contributed by atoms with Crippen molar-refractivity contribution < 1.29 is 39.0 Å². The van der Waals surface area contributed by atoms with E-state index in [0.717, 1.165) is 0 Å². The highest BCUT2D eigenvalue weighted by Crippen LogP contribution is 2.21. The number of hydrogen-bond donors (Lipinski definition) is 9. The maximum atomic E-state index is 14.1. The van der Waals surface area contributed by atoms with Crippen molar-refractivity contribution >= 4 is 41.5 Å². The molecule has 0 radical (unpaired) electrons. The number of amides is 5. The highest BCUT2D eigenvalue weighted by atomic mass is 16.4. The molecule has 1 aliphatic rings. The van der Waals surface area contributed by atoms with Gasteiger partial charge in [0.15, 0.2) is 5.96 Å². The molecule has 0 aromatic heterocycles. The summed E-state index contributed by atoms with van der Waals surface area (Å²) in [4.78, 5) is 89.0. The smallest absolute Gasteiger partial charge is 0.326 e. The van der Waals surface area contributed by atoms with Crippen molar-refractivity contribution in [1.82, 2.24) is 26.2 Å². The Balaban J connectivity index is 2.41. The van der Waals surface area contributed by atoms with Crippen molar-refractivity contribution in [2.75, 3.05) is 19.6 Å². The van der Waals surface area contributed by atoms with Crippen LogP contribution in [0, 0.1) is 11.8 Å². The second-order valence-electron chi connectivity index (χ2n) is 14.7. The van der Waals surface area contributed by atoms with Gasteiger partial charge in [0, 0.05) is 24.4 Å². The van der Waals surface area contributed by atoms with E-state index < -0.39 is 77.7 Å². The Bertz CT molecular complexity index is 1600. The van der Waals surface area contributed by atoms with Crippen LogP contribution in [-0.2, 0) is 35.2 Å². The number of nitrogens with two attached hydrogens (primary N) is 3. The Morgan fingerprint density at radius 3 is 2.18 bits per heavy atom. The van der Waals surface area contributed by atoms with Crippen LogP contribution >= 0.6 is 0 Å². The number of carbonyl (C=O) groups excluding carboxylic acids is 5. The standard InChI is InChI=1S/C37H60N12O8/c1-5-22(4)30(34(54)45-28(36(56)57)19-21(2)3)46-32(52)27(20-23-12-14-24(50)15-13-23)44-33(53)29-11-8-18-49(29)35(55)26(10-7-17-42-37(39)40)43-31(51)25(47-48-41)9-6-16-38/h12-15,21-22,25-30,50H,5-11,16-20,38H2,1-4H3,(H,43,51)(H,44,53)(H,45,54)(H,46,52)(H,56,57)(H4,39,40,42)/t22-,25-,26+,27+,28+,29+,30+/m0/s1. The van der Waals surface area contributed by atoms with Crippen molar-refractivity contribution in [3.8, 4) is 5.75 Å². The third-order valence-electron chi connectivity index (χ3n) is 9.70. The van der Waals surface area contributed by atoms with Crippen molar-refractivity contribution in [1.29, 1.82) is 0 Å². The number of carboxylic acid groups (broad SMARTS) is 1. The Morgan fingerprint density at radius 2 is 1.60 bits per heavy atom. The van der Waals surface area contributed by atoms with Gasteiger partial charge in [-0.2, -0.15) is 0 Å². The summed E-state index contributed by atoms with van der Waals surface area (Å²) in [5.41, 5.74) is 26.1. The first kappa shape index (κ1) is 47.5. The maximum Gasteiger partial charge on any atom is 0.326 e. The Hall–Kier alpha value is -5.62. The van der Waals surface area contributed by atoms with Crippen molar-refractivity contribution in [3.63, 3.8) is 0 Å². The molecule has 7 atom stereocenters. The molecule has 1 heterocycles. The average molecular weight is 801 g/mol. The van der Waals surface area contributed by atoms with Gasteiger partial charge in [0.1, 0.15) is 42.0 Å². The van der Waals surface area contributed by atoms with E-state index in [4.69, 9.17) is 22.7 Å². The molecule has 57 heavy (non-hydrogen) atoms. The number of benzene rings is 1. The van der Waals surface area contributed by atoms with Crippen molar-refractivity contribution in [3.05, 3.63) is 40.3 Å². The number of carbonyl (C=O) groups is 6. The second kappa shape index (κ2) is 24.1. The van der Waals surface area contributed by atoms with E-state index in [1.165, 1.54) is 17.0 Å². The zero-order valence-corrected chi connectivity index (χ0v) is 33.2. The summed E-state index contributed by atoms with van der Waals surface area (Å²) in [7, 11) is 0. The molecule has 2 rings (SSSR count). The van der Waals surface area contributed by atoms with Crippen LogP contribution in [0.2, 0.25) is 0 Å². The van der Waals surface area contributed by atoms with Crippen LogP contribution in [0.4, 0.5) is 0 Å². The summed E-state index contributed by atoms with van der Waals surface area (Å²) in [6.45, 7) is 7.75. The number of rotatable bonds is 24. The van der Waals surface area contributed by atoms with E-state index in [1.807, 2.05) is 20.8 Å². The van der Waals surface area contributed by atoms with Gasteiger partial charge in [-0.1, -0.05) is 51.4 Å². The number of aliphatic carboxylic acids is 1. The predicted octanol–water partition coefficient (Wildman–Crippen LogP) is 0.513. The van der Waals surface area contributed by atoms with Crippen LogP contribution in [0.15, 0.2) is 34.4 Å². The summed E-state index contributed by atoms with van der Waals surface area (Å²) >= 11 is 0. The molecule has 1 aromatic rings. The lowest BCUT2D eigenvalue weighted by Gasteiger charge is -2.31. The number of nitrogens with one attached hydrogen (secondary N) is 4. The maximum absolute atomic E-state index is 14.1. The minimum atomic E-state index is -1.27. The summed E-state index contributed by atoms with van der Waals surface area (Å²) in [5.74, 6) is -5.19. The molecular weight excluding hydrogens is 740 g/mol. The molecule has 20 nitrogen and oxygen atoms in total. The number of carboxylic acids is 1. The molecule has 1 saturated heterocycles. The van der Waals surface area contributed by atoms with Gasteiger partial charge in [-0.15, -0.1) is 0 Å². The number of azide groups is 1. The molecule has 1 aliphatic heterocycles. The van der Waals surface area contributed by atoms with Gasteiger partial charge >= 0.3 is 5.97 Å². The highest BCUT2D eigenvalue weighted by molar-refractivity contribution is 5.97. The molecule has 0 spiro atoms. The molecule has 0 saturated carbocycles. The van der Waals surface area contributed by atoms with E-state index >= 15 is 0 Å². The second-order valence-corrected chi connectivity index (χ2v) is 14.7. The van der Waals surface area contributed by atoms with Crippen molar-refractivity contribution in [2.45, 2.75) is 122 Å². The predicted molar refractivity (Wildman–Crippen MR) is 212 cm³/mol. The fourth-order valence-electron chi connectivity index (χ4n) is 6.40. The first-order valence-corrected chi connectivity index (χ1v) is 19.3. The minimum Gasteiger partial charge on any atom is -0.508 e. The van der Waals surface area contributed by atoms with E-state index in [-0.39, 0.29) is 75.8 Å². The lowest BCUT2D eigenvalue weighted by molar-refractivity contribution is -0.143. The third kappa shape index (κ3) is 15.8. The number of likely N-dealkylation sites (tertiary alicyclic amines) is 1. The molecule has 1 aromatic carbocycles. The van der Waals surface area contributed by atoms with Crippen molar-refractivity contribution in [2.24, 2.45) is 39.1 Å². The van der Waals surface area contributed by atoms with E-state index in [2.05, 4.69) is 36.3 Å². The quantitative estimate of drug-likeness (QED) is 0.0173. The summed E-state index contributed by atoms with van der Waals surface area (Å²) in [6, 6.07) is -0.945. The molecular formula is C37H60N12O8. The van der Waals surface area contributed by atoms with Crippen LogP contribution in [0.1, 0.15) is 84.6 Å². The first-order chi connectivity index (χ1) is 27.0. The number of hydrogen-bond acceptors (Lipinski definition) is 10. The van der Waals surface area contributed by atoms with Crippen LogP contribution in [0.5, 0.6) is 5.75 Å². The normalized spacial score (nSPS) is 16.8. The monoisotopic (exact) mass is 800 g/mol. The van der Waals surface area contributed by atoms with Crippen LogP contribution in [0.3, 0.4) is 0 Å². The first-order valence-electron chi connectivity index (χ1n) is 19.3. The van der Waals surface area contributed by atoms with E-state index in [0.29, 0.717) is 24.8 Å². The van der Waals surface area contributed by atoms with Gasteiger partial charge in [-0.3, -0.25) is 29.0 Å². The van der Waals surface area contributed by atoms with E-state index in [1.54, 1.807) is 19.1 Å². The molecule has 20 heteroatoms. The fourth-order valence-corrected chi connectivity index (χ4v) is 6.40. The zero-order valence-electron chi connectivity index (χ0n) is 33.2. The summed E-state index contributed by atoms with van der Waals surface area (Å²) < 4.78 is 0. The lowest BCUT2D eigenvalue weighted by atomic mass is 9.96. The number of aliphatic imine (C=N–C) groups is 1. The van der Waals surface area contributed by atoms with Gasteiger partial charge < -0.3 is 53.6 Å². The highest BCUT2D eigenvalue weighted by Gasteiger charge is 2.40. The molecule has 5 amide bonds. The molecule has 0 unspecified atom stereocenters. The zero-order chi connectivity index (χ0) is 42.7. The average Bonchev–Trinajstić information content (AvgIpc) is 3.66. The number of aromatic hydroxyl groups is 1.